The average molecular weight is 422 g/mol. The first-order chi connectivity index (χ1) is 15.2. The van der Waals surface area contributed by atoms with Gasteiger partial charge < -0.3 is 24.3 Å². The van der Waals surface area contributed by atoms with E-state index in [0.717, 1.165) is 44.0 Å². The molecule has 0 bridgehead atoms. The number of methoxy groups -OCH3 is 1. The number of furan rings is 1. The van der Waals surface area contributed by atoms with Crippen LogP contribution in [-0.4, -0.2) is 60.6 Å². The highest BCUT2D eigenvalue weighted by Crippen LogP contribution is 2.25. The molecule has 8 nitrogen and oxygen atoms in total. The number of anilines is 1. The standard InChI is InChI=1S/C23H27N5O3/c1-3-27-10-12-28(13-11-27)22-20(23(29)25-15-19-5-4-14-31-19)16-24-21(26-22)17-6-8-18(30-2)9-7-17/h4-9,14,16H,3,10-13,15H2,1-2H3,(H,25,29). The van der Waals surface area contributed by atoms with Gasteiger partial charge in [0.1, 0.15) is 22.9 Å². The van der Waals surface area contributed by atoms with E-state index in [2.05, 4.69) is 27.0 Å². The normalized spacial score (nSPS) is 14.5. The molecule has 8 heteroatoms. The summed E-state index contributed by atoms with van der Waals surface area (Å²) in [6, 6.07) is 11.2. The minimum Gasteiger partial charge on any atom is -0.497 e. The van der Waals surface area contributed by atoms with Gasteiger partial charge in [0.05, 0.1) is 19.9 Å². The van der Waals surface area contributed by atoms with Crippen LogP contribution in [0.5, 0.6) is 5.75 Å². The molecule has 1 aromatic carbocycles. The molecule has 3 heterocycles. The fourth-order valence-corrected chi connectivity index (χ4v) is 3.60. The second kappa shape index (κ2) is 9.61. The Hall–Kier alpha value is -3.39. The highest BCUT2D eigenvalue weighted by Gasteiger charge is 2.24. The van der Waals surface area contributed by atoms with Gasteiger partial charge in [-0.15, -0.1) is 0 Å². The zero-order valence-corrected chi connectivity index (χ0v) is 17.9. The smallest absolute Gasteiger partial charge is 0.256 e. The summed E-state index contributed by atoms with van der Waals surface area (Å²) in [5.74, 6) is 2.49. The van der Waals surface area contributed by atoms with E-state index in [1.807, 2.05) is 30.3 Å². The summed E-state index contributed by atoms with van der Waals surface area (Å²) in [7, 11) is 1.63. The van der Waals surface area contributed by atoms with Crippen LogP contribution in [0.1, 0.15) is 23.0 Å². The van der Waals surface area contributed by atoms with Gasteiger partial charge in [-0.3, -0.25) is 4.79 Å². The number of hydrogen-bond donors (Lipinski definition) is 1. The molecule has 0 radical (unpaired) electrons. The number of aromatic nitrogens is 2. The number of hydrogen-bond acceptors (Lipinski definition) is 7. The van der Waals surface area contributed by atoms with Gasteiger partial charge in [0.15, 0.2) is 5.82 Å². The van der Waals surface area contributed by atoms with Gasteiger partial charge >= 0.3 is 0 Å². The Morgan fingerprint density at radius 2 is 1.94 bits per heavy atom. The summed E-state index contributed by atoms with van der Waals surface area (Å²) in [6.07, 6.45) is 3.21. The van der Waals surface area contributed by atoms with E-state index in [1.54, 1.807) is 25.6 Å². The lowest BCUT2D eigenvalue weighted by atomic mass is 10.1. The Morgan fingerprint density at radius 3 is 2.58 bits per heavy atom. The van der Waals surface area contributed by atoms with Crippen molar-refractivity contribution < 1.29 is 13.9 Å². The first kappa shape index (κ1) is 20.9. The lowest BCUT2D eigenvalue weighted by molar-refractivity contribution is 0.0947. The largest absolute Gasteiger partial charge is 0.497 e. The Labute approximate surface area is 181 Å². The van der Waals surface area contributed by atoms with Crippen LogP contribution in [0.2, 0.25) is 0 Å². The molecule has 0 spiro atoms. The Kier molecular flexibility index (Phi) is 6.47. The minimum atomic E-state index is -0.217. The van der Waals surface area contributed by atoms with Crippen LogP contribution in [0.3, 0.4) is 0 Å². The van der Waals surface area contributed by atoms with E-state index >= 15 is 0 Å². The van der Waals surface area contributed by atoms with Crippen molar-refractivity contribution in [3.8, 4) is 17.1 Å². The molecular weight excluding hydrogens is 394 g/mol. The monoisotopic (exact) mass is 421 g/mol. The molecule has 1 amide bonds. The van der Waals surface area contributed by atoms with Crippen LogP contribution in [-0.2, 0) is 6.54 Å². The quantitative estimate of drug-likeness (QED) is 0.628. The molecule has 31 heavy (non-hydrogen) atoms. The molecule has 0 saturated carbocycles. The van der Waals surface area contributed by atoms with Crippen LogP contribution >= 0.6 is 0 Å². The number of benzene rings is 1. The number of piperazine rings is 1. The molecule has 1 fully saturated rings. The summed E-state index contributed by atoms with van der Waals surface area (Å²) < 4.78 is 10.6. The topological polar surface area (TPSA) is 83.7 Å². The molecule has 0 aliphatic carbocycles. The second-order valence-electron chi connectivity index (χ2n) is 7.34. The van der Waals surface area contributed by atoms with E-state index in [1.165, 1.54) is 0 Å². The molecule has 1 aliphatic heterocycles. The molecule has 1 N–H and O–H groups in total. The molecule has 2 aromatic heterocycles. The van der Waals surface area contributed by atoms with E-state index in [9.17, 15) is 4.79 Å². The maximum absolute atomic E-state index is 13.0. The average Bonchev–Trinajstić information content (AvgIpc) is 3.36. The van der Waals surface area contributed by atoms with Gasteiger partial charge in [0, 0.05) is 37.9 Å². The third-order valence-electron chi connectivity index (χ3n) is 5.48. The second-order valence-corrected chi connectivity index (χ2v) is 7.34. The summed E-state index contributed by atoms with van der Waals surface area (Å²) in [4.78, 5) is 26.8. The number of nitrogens with zero attached hydrogens (tertiary/aromatic N) is 4. The number of ether oxygens (including phenoxy) is 1. The van der Waals surface area contributed by atoms with Crippen molar-refractivity contribution in [3.05, 3.63) is 60.2 Å². The van der Waals surface area contributed by atoms with Crippen LogP contribution in [0, 0.1) is 0 Å². The van der Waals surface area contributed by atoms with Crippen molar-refractivity contribution in [2.45, 2.75) is 13.5 Å². The molecule has 1 aliphatic rings. The molecule has 0 unspecified atom stereocenters. The molecular formula is C23H27N5O3. The predicted octanol–water partition coefficient (Wildman–Crippen LogP) is 2.82. The van der Waals surface area contributed by atoms with Gasteiger partial charge in [0.25, 0.3) is 5.91 Å². The first-order valence-corrected chi connectivity index (χ1v) is 10.5. The van der Waals surface area contributed by atoms with Crippen molar-refractivity contribution in [1.29, 1.82) is 0 Å². The summed E-state index contributed by atoms with van der Waals surface area (Å²) >= 11 is 0. The highest BCUT2D eigenvalue weighted by molar-refractivity contribution is 5.98. The number of carbonyl (C=O) groups excluding carboxylic acids is 1. The first-order valence-electron chi connectivity index (χ1n) is 10.5. The summed E-state index contributed by atoms with van der Waals surface area (Å²) in [5.41, 5.74) is 1.34. The van der Waals surface area contributed by atoms with E-state index < -0.39 is 0 Å². The van der Waals surface area contributed by atoms with Crippen LogP contribution in [0.15, 0.2) is 53.3 Å². The maximum Gasteiger partial charge on any atom is 0.256 e. The number of rotatable bonds is 7. The minimum absolute atomic E-state index is 0.217. The van der Waals surface area contributed by atoms with Gasteiger partial charge in [-0.2, -0.15) is 0 Å². The van der Waals surface area contributed by atoms with Crippen molar-refractivity contribution in [2.24, 2.45) is 0 Å². The maximum atomic E-state index is 13.0. The van der Waals surface area contributed by atoms with Crippen LogP contribution < -0.4 is 15.0 Å². The highest BCUT2D eigenvalue weighted by atomic mass is 16.5. The van der Waals surface area contributed by atoms with Crippen LogP contribution in [0.25, 0.3) is 11.4 Å². The number of nitrogens with one attached hydrogen (secondary N) is 1. The van der Waals surface area contributed by atoms with Crippen LogP contribution in [0.4, 0.5) is 5.82 Å². The molecule has 4 rings (SSSR count). The SMILES string of the molecule is CCN1CCN(c2nc(-c3ccc(OC)cc3)ncc2C(=O)NCc2ccco2)CC1. The Bertz CT molecular complexity index is 997. The van der Waals surface area contributed by atoms with Gasteiger partial charge in [-0.05, 0) is 42.9 Å². The van der Waals surface area contributed by atoms with E-state index in [4.69, 9.17) is 14.1 Å². The predicted molar refractivity (Wildman–Crippen MR) is 118 cm³/mol. The van der Waals surface area contributed by atoms with Crippen molar-refractivity contribution in [2.75, 3.05) is 44.7 Å². The van der Waals surface area contributed by atoms with Gasteiger partial charge in [0.2, 0.25) is 0 Å². The zero-order valence-electron chi connectivity index (χ0n) is 17.9. The lowest BCUT2D eigenvalue weighted by Crippen LogP contribution is -2.47. The summed E-state index contributed by atoms with van der Waals surface area (Å²) in [5, 5.41) is 2.91. The molecule has 3 aromatic rings. The Balaban J connectivity index is 1.61. The number of carbonyl (C=O) groups is 1. The van der Waals surface area contributed by atoms with Crippen molar-refractivity contribution >= 4 is 11.7 Å². The fraction of sp³-hybridized carbons (Fsp3) is 0.348. The fourth-order valence-electron chi connectivity index (χ4n) is 3.60. The molecule has 162 valence electrons. The van der Waals surface area contributed by atoms with Gasteiger partial charge in [-0.25, -0.2) is 9.97 Å². The van der Waals surface area contributed by atoms with Crippen molar-refractivity contribution in [3.63, 3.8) is 0 Å². The molecule has 0 atom stereocenters. The van der Waals surface area contributed by atoms with E-state index in [0.29, 0.717) is 29.5 Å². The Morgan fingerprint density at radius 1 is 1.16 bits per heavy atom. The molecule has 1 saturated heterocycles. The zero-order chi connectivity index (χ0) is 21.6. The summed E-state index contributed by atoms with van der Waals surface area (Å²) in [6.45, 7) is 6.99. The number of amides is 1. The lowest BCUT2D eigenvalue weighted by Gasteiger charge is -2.35. The van der Waals surface area contributed by atoms with Gasteiger partial charge in [-0.1, -0.05) is 6.92 Å². The number of likely N-dealkylation sites (N-methyl/N-ethyl adjacent to an activating group) is 1. The third-order valence-corrected chi connectivity index (χ3v) is 5.48. The van der Waals surface area contributed by atoms with Crippen molar-refractivity contribution in [1.82, 2.24) is 20.2 Å². The third kappa shape index (κ3) is 4.86. The van der Waals surface area contributed by atoms with E-state index in [-0.39, 0.29) is 5.91 Å².